The molecule has 0 radical (unpaired) electrons. The summed E-state index contributed by atoms with van der Waals surface area (Å²) in [6, 6.07) is 0.670. The number of rotatable bonds is 4. The van der Waals surface area contributed by atoms with E-state index in [9.17, 15) is 0 Å². The Hall–Kier alpha value is -1.16. The third-order valence-electron chi connectivity index (χ3n) is 5.04. The SMILES string of the molecule is c1nc2c(c(NC3CC3)n1)CCN(CC1CCC1)CC2. The van der Waals surface area contributed by atoms with E-state index in [0.717, 1.165) is 24.6 Å². The molecule has 0 atom stereocenters. The number of hydrogen-bond acceptors (Lipinski definition) is 4. The summed E-state index contributed by atoms with van der Waals surface area (Å²) in [6.07, 6.45) is 10.9. The van der Waals surface area contributed by atoms with E-state index < -0.39 is 0 Å². The lowest BCUT2D eigenvalue weighted by Crippen LogP contribution is -2.34. The molecule has 4 heteroatoms. The smallest absolute Gasteiger partial charge is 0.133 e. The topological polar surface area (TPSA) is 41.1 Å². The van der Waals surface area contributed by atoms with Gasteiger partial charge in [0.1, 0.15) is 12.1 Å². The molecule has 0 saturated heterocycles. The zero-order valence-corrected chi connectivity index (χ0v) is 12.1. The van der Waals surface area contributed by atoms with E-state index in [1.165, 1.54) is 63.0 Å². The summed E-state index contributed by atoms with van der Waals surface area (Å²) in [5.74, 6) is 2.08. The van der Waals surface area contributed by atoms with Crippen molar-refractivity contribution in [3.05, 3.63) is 17.6 Å². The van der Waals surface area contributed by atoms with Gasteiger partial charge in [0.25, 0.3) is 0 Å². The lowest BCUT2D eigenvalue weighted by atomic mass is 9.85. The normalized spacial score (nSPS) is 23.8. The monoisotopic (exact) mass is 272 g/mol. The number of hydrogen-bond donors (Lipinski definition) is 1. The van der Waals surface area contributed by atoms with Gasteiger partial charge in [-0.3, -0.25) is 0 Å². The third-order valence-corrected chi connectivity index (χ3v) is 5.04. The summed E-state index contributed by atoms with van der Waals surface area (Å²) in [7, 11) is 0. The summed E-state index contributed by atoms with van der Waals surface area (Å²) in [5.41, 5.74) is 2.66. The van der Waals surface area contributed by atoms with Gasteiger partial charge in [-0.05, 0) is 38.0 Å². The van der Waals surface area contributed by atoms with Crippen molar-refractivity contribution in [2.75, 3.05) is 25.0 Å². The standard InChI is InChI=1S/C16H24N4/c1-2-12(3-1)10-20-8-6-14-15(7-9-20)17-11-18-16(14)19-13-4-5-13/h11-13H,1-10H2,(H,17,18,19). The maximum Gasteiger partial charge on any atom is 0.133 e. The van der Waals surface area contributed by atoms with Crippen LogP contribution >= 0.6 is 0 Å². The molecule has 1 aliphatic heterocycles. The predicted octanol–water partition coefficient (Wildman–Crippen LogP) is 2.25. The van der Waals surface area contributed by atoms with Crippen LogP contribution in [-0.2, 0) is 12.8 Å². The van der Waals surface area contributed by atoms with Gasteiger partial charge < -0.3 is 10.2 Å². The van der Waals surface area contributed by atoms with Crippen LogP contribution in [0.2, 0.25) is 0 Å². The molecule has 0 aromatic carbocycles. The first-order valence-corrected chi connectivity index (χ1v) is 8.20. The summed E-state index contributed by atoms with van der Waals surface area (Å²) >= 11 is 0. The van der Waals surface area contributed by atoms with E-state index in [0.29, 0.717) is 6.04 Å². The van der Waals surface area contributed by atoms with Crippen molar-refractivity contribution in [2.24, 2.45) is 5.92 Å². The van der Waals surface area contributed by atoms with Gasteiger partial charge in [0.15, 0.2) is 0 Å². The summed E-state index contributed by atoms with van der Waals surface area (Å²) in [4.78, 5) is 11.7. The maximum absolute atomic E-state index is 4.54. The zero-order chi connectivity index (χ0) is 13.4. The van der Waals surface area contributed by atoms with Crippen LogP contribution in [0.1, 0.15) is 43.4 Å². The van der Waals surface area contributed by atoms with E-state index in [1.54, 1.807) is 6.33 Å². The maximum atomic E-state index is 4.54. The van der Waals surface area contributed by atoms with Crippen LogP contribution in [0, 0.1) is 5.92 Å². The fourth-order valence-electron chi connectivity index (χ4n) is 3.34. The molecular formula is C16H24N4. The minimum absolute atomic E-state index is 0.670. The molecule has 1 aromatic heterocycles. The van der Waals surface area contributed by atoms with E-state index in [2.05, 4.69) is 20.2 Å². The molecule has 1 aromatic rings. The summed E-state index contributed by atoms with van der Waals surface area (Å²) in [5, 5.41) is 3.58. The molecule has 2 aliphatic carbocycles. The molecule has 0 amide bonds. The van der Waals surface area contributed by atoms with E-state index >= 15 is 0 Å². The van der Waals surface area contributed by atoms with Crippen molar-refractivity contribution in [2.45, 2.75) is 51.0 Å². The van der Waals surface area contributed by atoms with Crippen molar-refractivity contribution in [1.82, 2.24) is 14.9 Å². The van der Waals surface area contributed by atoms with Gasteiger partial charge in [0.05, 0.1) is 5.69 Å². The Morgan fingerprint density at radius 2 is 1.95 bits per heavy atom. The Kier molecular flexibility index (Phi) is 3.34. The molecule has 0 bridgehead atoms. The molecule has 2 saturated carbocycles. The average Bonchev–Trinajstić information content (AvgIpc) is 3.21. The number of anilines is 1. The first-order chi connectivity index (χ1) is 9.88. The van der Waals surface area contributed by atoms with Gasteiger partial charge in [-0.15, -0.1) is 0 Å². The molecule has 20 heavy (non-hydrogen) atoms. The van der Waals surface area contributed by atoms with Crippen LogP contribution in [0.15, 0.2) is 6.33 Å². The number of fused-ring (bicyclic) bond motifs is 1. The molecule has 0 spiro atoms. The zero-order valence-electron chi connectivity index (χ0n) is 12.1. The minimum Gasteiger partial charge on any atom is -0.367 e. The van der Waals surface area contributed by atoms with Crippen molar-refractivity contribution in [3.63, 3.8) is 0 Å². The highest BCUT2D eigenvalue weighted by molar-refractivity contribution is 5.48. The fraction of sp³-hybridized carbons (Fsp3) is 0.750. The molecule has 4 rings (SSSR count). The molecular weight excluding hydrogens is 248 g/mol. The van der Waals surface area contributed by atoms with Crippen molar-refractivity contribution < 1.29 is 0 Å². The molecule has 2 fully saturated rings. The molecule has 3 aliphatic rings. The van der Waals surface area contributed by atoms with E-state index in [4.69, 9.17) is 0 Å². The van der Waals surface area contributed by atoms with Crippen LogP contribution in [-0.4, -0.2) is 40.5 Å². The summed E-state index contributed by atoms with van der Waals surface area (Å²) < 4.78 is 0. The van der Waals surface area contributed by atoms with Crippen molar-refractivity contribution in [3.8, 4) is 0 Å². The summed E-state index contributed by atoms with van der Waals surface area (Å²) in [6.45, 7) is 3.65. The first-order valence-electron chi connectivity index (χ1n) is 8.20. The van der Waals surface area contributed by atoms with Gasteiger partial charge in [-0.2, -0.15) is 0 Å². The minimum atomic E-state index is 0.670. The Labute approximate surface area is 121 Å². The van der Waals surface area contributed by atoms with Gasteiger partial charge in [0, 0.05) is 37.7 Å². The Morgan fingerprint density at radius 1 is 1.10 bits per heavy atom. The van der Waals surface area contributed by atoms with Gasteiger partial charge in [-0.1, -0.05) is 6.42 Å². The second-order valence-corrected chi connectivity index (χ2v) is 6.66. The fourth-order valence-corrected chi connectivity index (χ4v) is 3.34. The van der Waals surface area contributed by atoms with Gasteiger partial charge >= 0.3 is 0 Å². The highest BCUT2D eigenvalue weighted by Gasteiger charge is 2.26. The van der Waals surface area contributed by atoms with Crippen molar-refractivity contribution in [1.29, 1.82) is 0 Å². The van der Waals surface area contributed by atoms with Crippen LogP contribution < -0.4 is 5.32 Å². The van der Waals surface area contributed by atoms with Crippen molar-refractivity contribution >= 4 is 5.82 Å². The van der Waals surface area contributed by atoms with E-state index in [-0.39, 0.29) is 0 Å². The molecule has 0 unspecified atom stereocenters. The molecule has 1 N–H and O–H groups in total. The predicted molar refractivity (Wildman–Crippen MR) is 79.9 cm³/mol. The quantitative estimate of drug-likeness (QED) is 0.913. The first kappa shape index (κ1) is 12.6. The second kappa shape index (κ2) is 5.32. The Morgan fingerprint density at radius 3 is 2.70 bits per heavy atom. The lowest BCUT2D eigenvalue weighted by molar-refractivity contribution is 0.183. The highest BCUT2D eigenvalue weighted by atomic mass is 15.1. The largest absolute Gasteiger partial charge is 0.367 e. The van der Waals surface area contributed by atoms with Crippen LogP contribution in [0.25, 0.3) is 0 Å². The number of aromatic nitrogens is 2. The molecule has 4 nitrogen and oxygen atoms in total. The third kappa shape index (κ3) is 2.66. The Bertz CT molecular complexity index is 479. The Balaban J connectivity index is 1.46. The highest BCUT2D eigenvalue weighted by Crippen LogP contribution is 2.30. The second-order valence-electron chi connectivity index (χ2n) is 6.66. The lowest BCUT2D eigenvalue weighted by Gasteiger charge is -2.31. The van der Waals surface area contributed by atoms with Crippen LogP contribution in [0.4, 0.5) is 5.82 Å². The average molecular weight is 272 g/mol. The molecule has 108 valence electrons. The van der Waals surface area contributed by atoms with E-state index in [1.807, 2.05) is 0 Å². The van der Waals surface area contributed by atoms with Gasteiger partial charge in [-0.25, -0.2) is 9.97 Å². The molecule has 2 heterocycles. The van der Waals surface area contributed by atoms with Gasteiger partial charge in [0.2, 0.25) is 0 Å². The number of nitrogens with zero attached hydrogens (tertiary/aromatic N) is 3. The van der Waals surface area contributed by atoms with Crippen LogP contribution in [0.5, 0.6) is 0 Å². The van der Waals surface area contributed by atoms with Crippen LogP contribution in [0.3, 0.4) is 0 Å². The number of nitrogens with one attached hydrogen (secondary N) is 1.